The maximum Gasteiger partial charge on any atom is 0.263 e. The molecule has 2 aromatic rings. The fourth-order valence-electron chi connectivity index (χ4n) is 4.47. The van der Waals surface area contributed by atoms with Crippen LogP contribution in [0.5, 0.6) is 0 Å². The zero-order valence-corrected chi connectivity index (χ0v) is 15.3. The first-order valence-corrected chi connectivity index (χ1v) is 9.78. The van der Waals surface area contributed by atoms with Crippen molar-refractivity contribution in [2.24, 2.45) is 17.8 Å². The minimum Gasteiger partial charge on any atom is -0.349 e. The summed E-state index contributed by atoms with van der Waals surface area (Å²) in [5.41, 5.74) is 0. The fraction of sp³-hybridized carbons (Fsp3) is 0.500. The maximum atomic E-state index is 12.7. The fourth-order valence-corrected chi connectivity index (χ4v) is 6.17. The number of amides is 1. The third-order valence-electron chi connectivity index (χ3n) is 5.59. The van der Waals surface area contributed by atoms with E-state index in [0.717, 1.165) is 21.9 Å². The van der Waals surface area contributed by atoms with Crippen LogP contribution >= 0.6 is 34.5 Å². The summed E-state index contributed by atoms with van der Waals surface area (Å²) < 4.78 is 0.959. The zero-order valence-electron chi connectivity index (χ0n) is 12.9. The molecule has 1 amide bonds. The standard InChI is InChI=1S/C18H19Cl2NOS/c1-9(14-7-10-2-3-11(14)6-10)21-18(22)17-16(20)13-5-4-12(19)8-15(13)23-17/h4-5,8-11,14H,2-3,6-7H2,1H3,(H,21,22). The summed E-state index contributed by atoms with van der Waals surface area (Å²) in [4.78, 5) is 13.3. The van der Waals surface area contributed by atoms with Gasteiger partial charge in [-0.2, -0.15) is 0 Å². The van der Waals surface area contributed by atoms with Gasteiger partial charge < -0.3 is 5.32 Å². The summed E-state index contributed by atoms with van der Waals surface area (Å²) in [7, 11) is 0. The molecule has 2 saturated carbocycles. The van der Waals surface area contributed by atoms with Crippen LogP contribution in [0.3, 0.4) is 0 Å². The quantitative estimate of drug-likeness (QED) is 0.733. The lowest BCUT2D eigenvalue weighted by atomic mass is 9.84. The Bertz CT molecular complexity index is 772. The van der Waals surface area contributed by atoms with Gasteiger partial charge in [0.1, 0.15) is 4.88 Å². The van der Waals surface area contributed by atoms with Gasteiger partial charge in [0.2, 0.25) is 0 Å². The van der Waals surface area contributed by atoms with Crippen LogP contribution < -0.4 is 5.32 Å². The number of carbonyl (C=O) groups excluding carboxylic acids is 1. The number of hydrogen-bond donors (Lipinski definition) is 1. The summed E-state index contributed by atoms with van der Waals surface area (Å²) in [5, 5.41) is 5.30. The van der Waals surface area contributed by atoms with Crippen molar-refractivity contribution in [3.05, 3.63) is 33.1 Å². The highest BCUT2D eigenvalue weighted by molar-refractivity contribution is 7.21. The first-order valence-electron chi connectivity index (χ1n) is 8.21. The molecule has 1 aromatic carbocycles. The molecular formula is C18H19Cl2NOS. The number of fused-ring (bicyclic) bond motifs is 3. The Morgan fingerprint density at radius 1 is 1.30 bits per heavy atom. The van der Waals surface area contributed by atoms with Crippen molar-refractivity contribution in [1.82, 2.24) is 5.32 Å². The Balaban J connectivity index is 1.54. The number of carbonyl (C=O) groups is 1. The van der Waals surface area contributed by atoms with Crippen molar-refractivity contribution in [3.63, 3.8) is 0 Å². The molecule has 122 valence electrons. The Morgan fingerprint density at radius 2 is 2.13 bits per heavy atom. The SMILES string of the molecule is CC(NC(=O)c1sc2cc(Cl)ccc2c1Cl)C1CC2CCC1C2. The van der Waals surface area contributed by atoms with Crippen LogP contribution in [0.1, 0.15) is 42.3 Å². The molecule has 4 atom stereocenters. The lowest BCUT2D eigenvalue weighted by Crippen LogP contribution is -2.39. The molecule has 5 heteroatoms. The third-order valence-corrected chi connectivity index (χ3v) is 7.48. The first kappa shape index (κ1) is 15.7. The zero-order chi connectivity index (χ0) is 16.1. The Labute approximate surface area is 150 Å². The molecule has 4 unspecified atom stereocenters. The van der Waals surface area contributed by atoms with E-state index in [4.69, 9.17) is 23.2 Å². The van der Waals surface area contributed by atoms with E-state index >= 15 is 0 Å². The van der Waals surface area contributed by atoms with Crippen molar-refractivity contribution >= 4 is 50.5 Å². The van der Waals surface area contributed by atoms with E-state index in [0.29, 0.717) is 20.8 Å². The van der Waals surface area contributed by atoms with Crippen LogP contribution in [0, 0.1) is 17.8 Å². The lowest BCUT2D eigenvalue weighted by molar-refractivity contribution is 0.0919. The van der Waals surface area contributed by atoms with Gasteiger partial charge in [-0.05, 0) is 56.1 Å². The van der Waals surface area contributed by atoms with Crippen molar-refractivity contribution in [2.45, 2.75) is 38.6 Å². The first-order chi connectivity index (χ1) is 11.0. The van der Waals surface area contributed by atoms with E-state index in [-0.39, 0.29) is 11.9 Å². The van der Waals surface area contributed by atoms with Gasteiger partial charge in [-0.15, -0.1) is 11.3 Å². The largest absolute Gasteiger partial charge is 0.349 e. The van der Waals surface area contributed by atoms with Gasteiger partial charge in [-0.3, -0.25) is 4.79 Å². The van der Waals surface area contributed by atoms with Crippen molar-refractivity contribution in [1.29, 1.82) is 0 Å². The molecule has 4 rings (SSSR count). The molecule has 2 aliphatic rings. The van der Waals surface area contributed by atoms with Gasteiger partial charge in [0, 0.05) is 21.2 Å². The molecule has 2 bridgehead atoms. The number of rotatable bonds is 3. The molecular weight excluding hydrogens is 349 g/mol. The predicted molar refractivity (Wildman–Crippen MR) is 97.7 cm³/mol. The van der Waals surface area contributed by atoms with E-state index in [1.54, 1.807) is 0 Å². The molecule has 0 saturated heterocycles. The summed E-state index contributed by atoms with van der Waals surface area (Å²) in [5.74, 6) is 2.26. The van der Waals surface area contributed by atoms with Crippen molar-refractivity contribution in [2.75, 3.05) is 0 Å². The monoisotopic (exact) mass is 367 g/mol. The molecule has 0 aliphatic heterocycles. The highest BCUT2D eigenvalue weighted by Gasteiger charge is 2.42. The summed E-state index contributed by atoms with van der Waals surface area (Å²) in [6.45, 7) is 2.14. The van der Waals surface area contributed by atoms with Crippen molar-refractivity contribution < 1.29 is 4.79 Å². The lowest BCUT2D eigenvalue weighted by Gasteiger charge is -2.28. The highest BCUT2D eigenvalue weighted by atomic mass is 35.5. The predicted octanol–water partition coefficient (Wildman–Crippen LogP) is 5.76. The Kier molecular flexibility index (Phi) is 4.07. The van der Waals surface area contributed by atoms with Gasteiger partial charge in [-0.1, -0.05) is 35.7 Å². The number of benzene rings is 1. The van der Waals surface area contributed by atoms with Crippen LogP contribution in [-0.2, 0) is 0 Å². The third kappa shape index (κ3) is 2.77. The number of thiophene rings is 1. The summed E-state index contributed by atoms with van der Waals surface area (Å²) >= 11 is 13.9. The molecule has 2 aliphatic carbocycles. The van der Waals surface area contributed by atoms with Gasteiger partial charge in [0.15, 0.2) is 0 Å². The molecule has 0 spiro atoms. The molecule has 2 nitrogen and oxygen atoms in total. The molecule has 0 radical (unpaired) electrons. The smallest absolute Gasteiger partial charge is 0.263 e. The van der Waals surface area contributed by atoms with Crippen LogP contribution in [0.25, 0.3) is 10.1 Å². The summed E-state index contributed by atoms with van der Waals surface area (Å²) in [6.07, 6.45) is 5.33. The van der Waals surface area contributed by atoms with Crippen molar-refractivity contribution in [3.8, 4) is 0 Å². The van der Waals surface area contributed by atoms with Gasteiger partial charge in [0.25, 0.3) is 5.91 Å². The average molecular weight is 368 g/mol. The molecule has 1 N–H and O–H groups in total. The second kappa shape index (κ2) is 5.94. The van der Waals surface area contributed by atoms with E-state index in [1.807, 2.05) is 18.2 Å². The van der Waals surface area contributed by atoms with E-state index in [1.165, 1.54) is 37.0 Å². The normalized spacial score (nSPS) is 27.5. The second-order valence-electron chi connectivity index (χ2n) is 6.99. The van der Waals surface area contributed by atoms with Crippen LogP contribution in [0.2, 0.25) is 10.0 Å². The highest BCUT2D eigenvalue weighted by Crippen LogP contribution is 2.49. The summed E-state index contributed by atoms with van der Waals surface area (Å²) in [6, 6.07) is 5.76. The number of nitrogens with one attached hydrogen (secondary N) is 1. The van der Waals surface area contributed by atoms with Gasteiger partial charge >= 0.3 is 0 Å². The molecule has 23 heavy (non-hydrogen) atoms. The average Bonchev–Trinajstić information content (AvgIpc) is 3.21. The minimum absolute atomic E-state index is 0.0532. The second-order valence-corrected chi connectivity index (χ2v) is 8.85. The van der Waals surface area contributed by atoms with Gasteiger partial charge in [0.05, 0.1) is 5.02 Å². The molecule has 1 aromatic heterocycles. The van der Waals surface area contributed by atoms with Crippen LogP contribution in [-0.4, -0.2) is 11.9 Å². The van der Waals surface area contributed by atoms with E-state index < -0.39 is 0 Å². The topological polar surface area (TPSA) is 29.1 Å². The van der Waals surface area contributed by atoms with E-state index in [2.05, 4.69) is 12.2 Å². The Morgan fingerprint density at radius 3 is 2.83 bits per heavy atom. The molecule has 2 fully saturated rings. The number of hydrogen-bond acceptors (Lipinski definition) is 2. The van der Waals surface area contributed by atoms with E-state index in [9.17, 15) is 4.79 Å². The minimum atomic E-state index is -0.0532. The number of halogens is 2. The Hall–Kier alpha value is -0.770. The van der Waals surface area contributed by atoms with Crippen LogP contribution in [0.15, 0.2) is 18.2 Å². The van der Waals surface area contributed by atoms with Crippen LogP contribution in [0.4, 0.5) is 0 Å². The van der Waals surface area contributed by atoms with Gasteiger partial charge in [-0.25, -0.2) is 0 Å². The maximum absolute atomic E-state index is 12.7. The molecule has 1 heterocycles.